The van der Waals surface area contributed by atoms with Crippen molar-refractivity contribution in [1.29, 1.82) is 0 Å². The van der Waals surface area contributed by atoms with Crippen LogP contribution >= 0.6 is 12.6 Å². The zero-order chi connectivity index (χ0) is 15.4. The Kier molecular flexibility index (Phi) is 5.58. The molecule has 0 radical (unpaired) electrons. The highest BCUT2D eigenvalue weighted by molar-refractivity contribution is 7.84. The van der Waals surface area contributed by atoms with E-state index >= 15 is 0 Å². The van der Waals surface area contributed by atoms with Gasteiger partial charge in [0.25, 0.3) is 0 Å². The van der Waals surface area contributed by atoms with Crippen LogP contribution in [0.4, 0.5) is 4.39 Å². The van der Waals surface area contributed by atoms with Crippen LogP contribution in [0.5, 0.6) is 0 Å². The zero-order valence-electron chi connectivity index (χ0n) is 12.5. The van der Waals surface area contributed by atoms with Gasteiger partial charge in [-0.15, -0.1) is 12.6 Å². The molecule has 0 fully saturated rings. The van der Waals surface area contributed by atoms with E-state index in [0.29, 0.717) is 11.1 Å². The van der Waals surface area contributed by atoms with Crippen LogP contribution in [0.2, 0.25) is 0 Å². The Balaban J connectivity index is 3.28. The van der Waals surface area contributed by atoms with Crippen LogP contribution in [-0.4, -0.2) is 0 Å². The summed E-state index contributed by atoms with van der Waals surface area (Å²) in [4.78, 5) is 0.769. The fourth-order valence-corrected chi connectivity index (χ4v) is 2.13. The van der Waals surface area contributed by atoms with Gasteiger partial charge in [-0.1, -0.05) is 31.4 Å². The standard InChI is InChI=1S/C18H21FS/c1-7-11(2)14(5)17(20)10-13(4)16-9-8-12(3)15(6)18(16)19/h7-10,20H,1-2H2,3-6H3/b13-10+,17-14+. The van der Waals surface area contributed by atoms with Crippen LogP contribution in [0.1, 0.15) is 30.5 Å². The molecule has 106 valence electrons. The molecule has 0 saturated heterocycles. The molecule has 1 rings (SSSR count). The molecule has 0 atom stereocenters. The summed E-state index contributed by atoms with van der Waals surface area (Å²) in [5.41, 5.74) is 4.85. The molecule has 1 aromatic rings. The lowest BCUT2D eigenvalue weighted by molar-refractivity contribution is 0.613. The van der Waals surface area contributed by atoms with Crippen molar-refractivity contribution in [2.24, 2.45) is 0 Å². The first-order valence-corrected chi connectivity index (χ1v) is 6.90. The lowest BCUT2D eigenvalue weighted by atomic mass is 9.99. The second-order valence-corrected chi connectivity index (χ2v) is 5.42. The molecule has 0 N–H and O–H groups in total. The van der Waals surface area contributed by atoms with Gasteiger partial charge in [0, 0.05) is 10.5 Å². The normalized spacial score (nSPS) is 13.0. The van der Waals surface area contributed by atoms with Crippen molar-refractivity contribution in [3.05, 3.63) is 76.0 Å². The Labute approximate surface area is 126 Å². The molecule has 0 aliphatic rings. The number of rotatable bonds is 4. The van der Waals surface area contributed by atoms with Gasteiger partial charge in [0.1, 0.15) is 5.82 Å². The molecule has 0 aliphatic heterocycles. The Hall–Kier alpha value is -1.54. The van der Waals surface area contributed by atoms with E-state index in [9.17, 15) is 4.39 Å². The molecule has 2 heteroatoms. The van der Waals surface area contributed by atoms with Crippen LogP contribution in [0, 0.1) is 19.7 Å². The monoisotopic (exact) mass is 288 g/mol. The van der Waals surface area contributed by atoms with Gasteiger partial charge in [0.2, 0.25) is 0 Å². The second kappa shape index (κ2) is 6.76. The Bertz CT molecular complexity index is 619. The summed E-state index contributed by atoms with van der Waals surface area (Å²) in [6.45, 7) is 15.1. The summed E-state index contributed by atoms with van der Waals surface area (Å²) < 4.78 is 14.3. The average Bonchev–Trinajstić information content (AvgIpc) is 2.42. The number of thiol groups is 1. The Morgan fingerprint density at radius 3 is 2.40 bits per heavy atom. The number of hydrogen-bond acceptors (Lipinski definition) is 1. The molecule has 0 aliphatic carbocycles. The van der Waals surface area contributed by atoms with E-state index in [0.717, 1.165) is 27.2 Å². The third-order valence-corrected chi connectivity index (χ3v) is 4.01. The smallest absolute Gasteiger partial charge is 0.133 e. The third kappa shape index (κ3) is 3.51. The highest BCUT2D eigenvalue weighted by atomic mass is 32.1. The molecule has 1 aromatic carbocycles. The van der Waals surface area contributed by atoms with Crippen LogP contribution in [0.15, 0.2) is 53.5 Å². The van der Waals surface area contributed by atoms with E-state index < -0.39 is 0 Å². The Morgan fingerprint density at radius 2 is 1.85 bits per heavy atom. The zero-order valence-corrected chi connectivity index (χ0v) is 13.4. The molecule has 0 saturated carbocycles. The van der Waals surface area contributed by atoms with E-state index in [-0.39, 0.29) is 5.82 Å². The maximum Gasteiger partial charge on any atom is 0.133 e. The van der Waals surface area contributed by atoms with Crippen LogP contribution < -0.4 is 0 Å². The number of halogens is 1. The van der Waals surface area contributed by atoms with Crippen molar-refractivity contribution in [2.45, 2.75) is 27.7 Å². The number of benzene rings is 1. The average molecular weight is 288 g/mol. The van der Waals surface area contributed by atoms with Crippen molar-refractivity contribution >= 4 is 18.2 Å². The van der Waals surface area contributed by atoms with Crippen molar-refractivity contribution < 1.29 is 4.39 Å². The molecule has 0 nitrogen and oxygen atoms in total. The summed E-state index contributed by atoms with van der Waals surface area (Å²) in [7, 11) is 0. The SMILES string of the molecule is C=CC(=C)/C(C)=C(S)\C=C(/C)c1ccc(C)c(C)c1F. The van der Waals surface area contributed by atoms with Gasteiger partial charge >= 0.3 is 0 Å². The highest BCUT2D eigenvalue weighted by Gasteiger charge is 2.09. The fraction of sp³-hybridized carbons (Fsp3) is 0.222. The summed E-state index contributed by atoms with van der Waals surface area (Å²) in [5, 5.41) is 0. The molecule has 0 spiro atoms. The maximum absolute atomic E-state index is 14.3. The molecule has 20 heavy (non-hydrogen) atoms. The van der Waals surface area contributed by atoms with E-state index in [1.54, 1.807) is 13.0 Å². The predicted molar refractivity (Wildman–Crippen MR) is 90.5 cm³/mol. The van der Waals surface area contributed by atoms with Gasteiger partial charge in [0.15, 0.2) is 0 Å². The summed E-state index contributed by atoms with van der Waals surface area (Å²) >= 11 is 4.46. The van der Waals surface area contributed by atoms with Crippen molar-refractivity contribution in [2.75, 3.05) is 0 Å². The van der Waals surface area contributed by atoms with Gasteiger partial charge < -0.3 is 0 Å². The topological polar surface area (TPSA) is 0 Å². The van der Waals surface area contributed by atoms with Gasteiger partial charge in [-0.3, -0.25) is 0 Å². The van der Waals surface area contributed by atoms with Crippen LogP contribution in [0.3, 0.4) is 0 Å². The van der Waals surface area contributed by atoms with Gasteiger partial charge in [-0.2, -0.15) is 0 Å². The summed E-state index contributed by atoms with van der Waals surface area (Å²) in [6.07, 6.45) is 3.55. The number of hydrogen-bond donors (Lipinski definition) is 1. The van der Waals surface area contributed by atoms with Gasteiger partial charge in [-0.05, 0) is 61.6 Å². The first-order valence-electron chi connectivity index (χ1n) is 6.45. The second-order valence-electron chi connectivity index (χ2n) is 4.94. The van der Waals surface area contributed by atoms with E-state index in [1.165, 1.54) is 0 Å². The Morgan fingerprint density at radius 1 is 1.25 bits per heavy atom. The van der Waals surface area contributed by atoms with Gasteiger partial charge in [0.05, 0.1) is 0 Å². The van der Waals surface area contributed by atoms with Crippen molar-refractivity contribution in [1.82, 2.24) is 0 Å². The van der Waals surface area contributed by atoms with Crippen molar-refractivity contribution in [3.63, 3.8) is 0 Å². The maximum atomic E-state index is 14.3. The quantitative estimate of drug-likeness (QED) is 0.526. The first-order chi connectivity index (χ1) is 9.29. The fourth-order valence-electron chi connectivity index (χ4n) is 1.79. The first kappa shape index (κ1) is 16.5. The van der Waals surface area contributed by atoms with Gasteiger partial charge in [-0.25, -0.2) is 4.39 Å². The molecule has 0 amide bonds. The lowest BCUT2D eigenvalue weighted by Crippen LogP contribution is -1.94. The molecule has 0 heterocycles. The molecular formula is C18H21FS. The minimum atomic E-state index is -0.167. The van der Waals surface area contributed by atoms with Crippen molar-refractivity contribution in [3.8, 4) is 0 Å². The van der Waals surface area contributed by atoms with E-state index in [2.05, 4.69) is 25.8 Å². The predicted octanol–water partition coefficient (Wildman–Crippen LogP) is 5.79. The van der Waals surface area contributed by atoms with Crippen LogP contribution in [-0.2, 0) is 0 Å². The number of allylic oxidation sites excluding steroid dienone is 5. The summed E-state index contributed by atoms with van der Waals surface area (Å²) in [5.74, 6) is -0.167. The minimum absolute atomic E-state index is 0.167. The number of aryl methyl sites for hydroxylation is 1. The van der Waals surface area contributed by atoms with Crippen LogP contribution in [0.25, 0.3) is 5.57 Å². The molecule has 0 aromatic heterocycles. The largest absolute Gasteiger partial charge is 0.206 e. The molecule has 0 bridgehead atoms. The minimum Gasteiger partial charge on any atom is -0.206 e. The van der Waals surface area contributed by atoms with E-state index in [1.807, 2.05) is 39.0 Å². The third-order valence-electron chi connectivity index (χ3n) is 3.55. The molecular weight excluding hydrogens is 267 g/mol. The summed E-state index contributed by atoms with van der Waals surface area (Å²) in [6, 6.07) is 3.74. The highest BCUT2D eigenvalue weighted by Crippen LogP contribution is 2.26. The van der Waals surface area contributed by atoms with E-state index in [4.69, 9.17) is 0 Å². The lowest BCUT2D eigenvalue weighted by Gasteiger charge is -2.10. The molecule has 0 unspecified atom stereocenters.